The van der Waals surface area contributed by atoms with Crippen molar-refractivity contribution in [3.63, 3.8) is 0 Å². The number of pyridine rings is 1. The van der Waals surface area contributed by atoms with Crippen LogP contribution in [0.25, 0.3) is 16.6 Å². The Hall–Kier alpha value is -4.45. The fraction of sp³-hybridized carbons (Fsp3) is 0.286. The van der Waals surface area contributed by atoms with Crippen LogP contribution in [0.3, 0.4) is 0 Å². The minimum atomic E-state index is -0.557. The molecule has 1 N–H and O–H groups in total. The van der Waals surface area contributed by atoms with Crippen molar-refractivity contribution < 1.29 is 4.39 Å². The zero-order valence-corrected chi connectivity index (χ0v) is 21.4. The van der Waals surface area contributed by atoms with E-state index in [1.54, 1.807) is 44.2 Å². The van der Waals surface area contributed by atoms with Crippen LogP contribution in [0.4, 0.5) is 15.9 Å². The molecule has 1 aliphatic carbocycles. The Kier molecular flexibility index (Phi) is 6.86. The molecule has 0 spiro atoms. The average Bonchev–Trinajstić information content (AvgIpc) is 3.73. The van der Waals surface area contributed by atoms with E-state index < -0.39 is 22.6 Å². The van der Waals surface area contributed by atoms with E-state index in [2.05, 4.69) is 5.32 Å². The molecule has 2 aromatic heterocycles. The number of nitrogens with one attached hydrogen (secondary N) is 1. The number of fused-ring (bicyclic) bond motifs is 1. The summed E-state index contributed by atoms with van der Waals surface area (Å²) < 4.78 is 18.5. The molecule has 9 heteroatoms. The molecule has 1 aliphatic rings. The van der Waals surface area contributed by atoms with Gasteiger partial charge in [0, 0.05) is 18.7 Å². The highest BCUT2D eigenvalue weighted by Gasteiger charge is 2.31. The Bertz CT molecular complexity index is 1740. The van der Waals surface area contributed by atoms with Crippen LogP contribution >= 0.6 is 0 Å². The van der Waals surface area contributed by atoms with Crippen molar-refractivity contribution in [2.75, 3.05) is 5.32 Å². The number of rotatable bonds is 4. The Morgan fingerprint density at radius 3 is 2.22 bits per heavy atom. The van der Waals surface area contributed by atoms with Gasteiger partial charge in [0.1, 0.15) is 17.0 Å². The zero-order valence-electron chi connectivity index (χ0n) is 21.4. The smallest absolute Gasteiger partial charge is 0.336 e. The molecule has 8 nitrogen and oxygen atoms in total. The van der Waals surface area contributed by atoms with Crippen LogP contribution in [-0.4, -0.2) is 13.7 Å². The first-order chi connectivity index (χ1) is 17.7. The normalized spacial score (nSPS) is 12.6. The molecular formula is C28H28FN5O3. The number of hydrogen-bond acceptors (Lipinski definition) is 5. The SMILES string of the molecule is CC.Cc1ccc(Nc2c3c(=O)n(C4CC4)c(=O)n(-c4ccc(C#N)cc4)c3c(C)c(=O)n2C)c(F)c1. The molecular weight excluding hydrogens is 473 g/mol. The van der Waals surface area contributed by atoms with Gasteiger partial charge >= 0.3 is 5.69 Å². The number of anilines is 2. The molecule has 0 radical (unpaired) electrons. The van der Waals surface area contributed by atoms with E-state index in [-0.39, 0.29) is 34.0 Å². The predicted octanol–water partition coefficient (Wildman–Crippen LogP) is 4.58. The van der Waals surface area contributed by atoms with Crippen LogP contribution in [0.5, 0.6) is 0 Å². The van der Waals surface area contributed by atoms with E-state index in [9.17, 15) is 18.8 Å². The van der Waals surface area contributed by atoms with Gasteiger partial charge in [-0.3, -0.25) is 23.3 Å². The van der Waals surface area contributed by atoms with Gasteiger partial charge < -0.3 is 5.32 Å². The van der Waals surface area contributed by atoms with Crippen LogP contribution in [0.15, 0.2) is 56.8 Å². The molecule has 0 bridgehead atoms. The maximum Gasteiger partial charge on any atom is 0.336 e. The number of aryl methyl sites for hydroxylation is 2. The summed E-state index contributed by atoms with van der Waals surface area (Å²) in [5.74, 6) is -0.436. The van der Waals surface area contributed by atoms with Crippen LogP contribution in [0.2, 0.25) is 0 Å². The van der Waals surface area contributed by atoms with Gasteiger partial charge in [-0.15, -0.1) is 0 Å². The minimum Gasteiger partial charge on any atom is -0.338 e. The zero-order chi connectivity index (χ0) is 27.0. The van der Waals surface area contributed by atoms with Crippen LogP contribution in [0, 0.1) is 31.0 Å². The average molecular weight is 502 g/mol. The summed E-state index contributed by atoms with van der Waals surface area (Å²) in [6.07, 6.45) is 1.38. The van der Waals surface area contributed by atoms with Gasteiger partial charge in [-0.25, -0.2) is 9.18 Å². The number of aromatic nitrogens is 3. The lowest BCUT2D eigenvalue weighted by atomic mass is 10.1. The first kappa shape index (κ1) is 25.6. The van der Waals surface area contributed by atoms with E-state index in [1.165, 1.54) is 32.9 Å². The van der Waals surface area contributed by atoms with Crippen LogP contribution < -0.4 is 22.1 Å². The summed E-state index contributed by atoms with van der Waals surface area (Å²) in [4.78, 5) is 40.6. The maximum absolute atomic E-state index is 14.7. The van der Waals surface area contributed by atoms with Gasteiger partial charge in [-0.1, -0.05) is 19.9 Å². The van der Waals surface area contributed by atoms with Gasteiger partial charge in [0.2, 0.25) is 0 Å². The number of halogens is 1. The monoisotopic (exact) mass is 501 g/mol. The molecule has 0 unspecified atom stereocenters. The Balaban J connectivity index is 0.00000156. The summed E-state index contributed by atoms with van der Waals surface area (Å²) in [5, 5.41) is 12.2. The van der Waals surface area contributed by atoms with E-state index in [1.807, 2.05) is 19.9 Å². The summed E-state index contributed by atoms with van der Waals surface area (Å²) >= 11 is 0. The number of nitrogens with zero attached hydrogens (tertiary/aromatic N) is 4. The second-order valence-corrected chi connectivity index (χ2v) is 8.85. The maximum atomic E-state index is 14.7. The largest absolute Gasteiger partial charge is 0.338 e. The third kappa shape index (κ3) is 4.35. The standard InChI is InChI=1S/C26H22FN5O3.C2H6/c1-14-4-11-20(19(27)12-14)29-23-21-22(15(2)24(33)30(23)3)31(17-7-5-16(13-28)6-8-17)26(35)32(25(21)34)18-9-10-18;1-2/h4-8,11-12,18,29H,9-10H2,1-3H3;1-2H3. The van der Waals surface area contributed by atoms with Gasteiger partial charge in [0.15, 0.2) is 0 Å². The van der Waals surface area contributed by atoms with Gasteiger partial charge in [0.25, 0.3) is 11.1 Å². The molecule has 1 fully saturated rings. The van der Waals surface area contributed by atoms with Crippen molar-refractivity contribution in [3.8, 4) is 11.8 Å². The molecule has 2 heterocycles. The minimum absolute atomic E-state index is 0.0974. The predicted molar refractivity (Wildman–Crippen MR) is 143 cm³/mol. The molecule has 190 valence electrons. The Morgan fingerprint density at radius 1 is 1.00 bits per heavy atom. The molecule has 0 saturated heterocycles. The van der Waals surface area contributed by atoms with Crippen molar-refractivity contribution >= 4 is 22.4 Å². The van der Waals surface area contributed by atoms with E-state index in [0.29, 0.717) is 24.1 Å². The quantitative estimate of drug-likeness (QED) is 0.441. The van der Waals surface area contributed by atoms with Gasteiger partial charge in [-0.05, 0) is 68.7 Å². The number of hydrogen-bond donors (Lipinski definition) is 1. The third-order valence-electron chi connectivity index (χ3n) is 6.39. The molecule has 0 atom stereocenters. The van der Waals surface area contributed by atoms with Gasteiger partial charge in [0.05, 0.1) is 28.5 Å². The second kappa shape index (κ2) is 9.90. The molecule has 4 aromatic rings. The first-order valence-corrected chi connectivity index (χ1v) is 12.2. The fourth-order valence-corrected chi connectivity index (χ4v) is 4.39. The molecule has 5 rings (SSSR count). The Labute approximate surface area is 212 Å². The van der Waals surface area contributed by atoms with E-state index >= 15 is 0 Å². The summed E-state index contributed by atoms with van der Waals surface area (Å²) in [6.45, 7) is 7.32. The highest BCUT2D eigenvalue weighted by atomic mass is 19.1. The lowest BCUT2D eigenvalue weighted by Gasteiger charge is -2.20. The number of benzene rings is 2. The van der Waals surface area contributed by atoms with Gasteiger partial charge in [-0.2, -0.15) is 5.26 Å². The highest BCUT2D eigenvalue weighted by molar-refractivity contribution is 5.93. The Morgan fingerprint density at radius 2 is 1.65 bits per heavy atom. The second-order valence-electron chi connectivity index (χ2n) is 8.85. The fourth-order valence-electron chi connectivity index (χ4n) is 4.39. The van der Waals surface area contributed by atoms with Crippen molar-refractivity contribution in [2.45, 2.75) is 46.6 Å². The van der Waals surface area contributed by atoms with Crippen molar-refractivity contribution in [1.82, 2.24) is 13.7 Å². The number of nitriles is 1. The molecule has 0 amide bonds. The first-order valence-electron chi connectivity index (χ1n) is 12.2. The van der Waals surface area contributed by atoms with E-state index in [4.69, 9.17) is 5.26 Å². The summed E-state index contributed by atoms with van der Waals surface area (Å²) in [7, 11) is 1.50. The highest BCUT2D eigenvalue weighted by Crippen LogP contribution is 2.34. The summed E-state index contributed by atoms with van der Waals surface area (Å²) in [5.41, 5.74) is 0.482. The lowest BCUT2D eigenvalue weighted by molar-refractivity contribution is 0.630. The molecule has 37 heavy (non-hydrogen) atoms. The molecule has 1 saturated carbocycles. The van der Waals surface area contributed by atoms with Crippen LogP contribution in [-0.2, 0) is 7.05 Å². The van der Waals surface area contributed by atoms with Crippen LogP contribution in [0.1, 0.15) is 49.4 Å². The third-order valence-corrected chi connectivity index (χ3v) is 6.39. The van der Waals surface area contributed by atoms with Crippen molar-refractivity contribution in [3.05, 3.63) is 96.2 Å². The molecule has 0 aliphatic heterocycles. The topological polar surface area (TPSA) is 102 Å². The lowest BCUT2D eigenvalue weighted by Crippen LogP contribution is -2.41. The van der Waals surface area contributed by atoms with Crippen molar-refractivity contribution in [1.29, 1.82) is 5.26 Å². The molecule has 2 aromatic carbocycles. The van der Waals surface area contributed by atoms with E-state index in [0.717, 1.165) is 5.56 Å². The summed E-state index contributed by atoms with van der Waals surface area (Å²) in [6, 6.07) is 12.7. The van der Waals surface area contributed by atoms with Crippen molar-refractivity contribution in [2.24, 2.45) is 7.05 Å².